The van der Waals surface area contributed by atoms with Crippen LogP contribution in [0.15, 0.2) is 55.6 Å². The Kier molecular flexibility index (Phi) is 10.9. The predicted molar refractivity (Wildman–Crippen MR) is 182 cm³/mol. The quantitative estimate of drug-likeness (QED) is 0.185. The summed E-state index contributed by atoms with van der Waals surface area (Å²) in [7, 11) is 0. The highest BCUT2D eigenvalue weighted by Crippen LogP contribution is 2.65. The Morgan fingerprint density at radius 1 is 1.02 bits per heavy atom. The van der Waals surface area contributed by atoms with Crippen molar-refractivity contribution in [3.05, 3.63) is 61.2 Å². The first-order valence-electron chi connectivity index (χ1n) is 17.2. The van der Waals surface area contributed by atoms with Crippen molar-refractivity contribution in [3.8, 4) is 0 Å². The van der Waals surface area contributed by atoms with Gasteiger partial charge in [-0.05, 0) is 69.8 Å². The van der Waals surface area contributed by atoms with Gasteiger partial charge in [-0.15, -0.1) is 13.2 Å². The number of rotatable bonds is 16. The van der Waals surface area contributed by atoms with Crippen LogP contribution in [0, 0.1) is 17.3 Å². The van der Waals surface area contributed by atoms with Crippen molar-refractivity contribution < 1.29 is 24.2 Å². The molecule has 254 valence electrons. The standard InChI is InChI=1S/C38H57N3O5/c1-9-22-39(26-28-18-14-12-15-19-28)32(43)29-30-33(44)40(24-16-13-17-25-42)31(38(30)21-20-37(29,11-3)46-38)34(45)41(23-10-2)36(7,8)27-35(4,5)6/h9-10,12,14-15,18-19,29-31,42H,1-2,11,13,16-17,20-27H2,3-8H3/t29-,30-,31?,37+,38?/m0/s1. The number of hydrogen-bond acceptors (Lipinski definition) is 5. The third kappa shape index (κ3) is 6.70. The average molecular weight is 636 g/mol. The topological polar surface area (TPSA) is 90.4 Å². The number of carbonyl (C=O) groups is 3. The molecule has 0 aliphatic carbocycles. The summed E-state index contributed by atoms with van der Waals surface area (Å²) in [5, 5.41) is 9.41. The van der Waals surface area contributed by atoms with Crippen LogP contribution in [0.2, 0.25) is 0 Å². The van der Waals surface area contributed by atoms with E-state index in [0.29, 0.717) is 58.3 Å². The fourth-order valence-corrected chi connectivity index (χ4v) is 8.88. The van der Waals surface area contributed by atoms with Crippen LogP contribution in [0.5, 0.6) is 0 Å². The van der Waals surface area contributed by atoms with Crippen LogP contribution >= 0.6 is 0 Å². The fraction of sp³-hybridized carbons (Fsp3) is 0.658. The molecule has 8 heteroatoms. The summed E-state index contributed by atoms with van der Waals surface area (Å²) in [6, 6.07) is 9.01. The highest BCUT2D eigenvalue weighted by atomic mass is 16.5. The lowest BCUT2D eigenvalue weighted by Gasteiger charge is -2.45. The van der Waals surface area contributed by atoms with E-state index in [4.69, 9.17) is 4.74 Å². The number of benzene rings is 1. The van der Waals surface area contributed by atoms with Crippen LogP contribution < -0.4 is 0 Å². The van der Waals surface area contributed by atoms with Crippen LogP contribution in [-0.2, 0) is 25.7 Å². The van der Waals surface area contributed by atoms with Crippen LogP contribution in [0.4, 0.5) is 0 Å². The molecule has 0 radical (unpaired) electrons. The maximum Gasteiger partial charge on any atom is 0.249 e. The normalized spacial score (nSPS) is 27.1. The van der Waals surface area contributed by atoms with E-state index in [1.54, 1.807) is 22.0 Å². The van der Waals surface area contributed by atoms with Crippen molar-refractivity contribution in [1.29, 1.82) is 0 Å². The summed E-state index contributed by atoms with van der Waals surface area (Å²) in [6.07, 6.45) is 7.99. The lowest BCUT2D eigenvalue weighted by molar-refractivity contribution is -0.158. The molecular weight excluding hydrogens is 578 g/mol. The first-order valence-corrected chi connectivity index (χ1v) is 17.2. The second-order valence-corrected chi connectivity index (χ2v) is 15.4. The highest BCUT2D eigenvalue weighted by Gasteiger charge is 2.79. The van der Waals surface area contributed by atoms with Crippen molar-refractivity contribution in [2.24, 2.45) is 17.3 Å². The van der Waals surface area contributed by atoms with Crippen molar-refractivity contribution in [1.82, 2.24) is 14.7 Å². The average Bonchev–Trinajstić information content (AvgIpc) is 3.60. The molecule has 46 heavy (non-hydrogen) atoms. The van der Waals surface area contributed by atoms with Gasteiger partial charge in [-0.1, -0.05) is 70.2 Å². The maximum absolute atomic E-state index is 15.0. The first-order chi connectivity index (χ1) is 21.7. The molecule has 3 fully saturated rings. The monoisotopic (exact) mass is 635 g/mol. The molecule has 3 saturated heterocycles. The van der Waals surface area contributed by atoms with Crippen LogP contribution in [0.25, 0.3) is 0 Å². The summed E-state index contributed by atoms with van der Waals surface area (Å²) in [5.74, 6) is -1.87. The van der Waals surface area contributed by atoms with E-state index in [-0.39, 0.29) is 29.7 Å². The number of aliphatic hydroxyl groups excluding tert-OH is 1. The molecule has 0 saturated carbocycles. The highest BCUT2D eigenvalue weighted by molar-refractivity contribution is 5.99. The number of unbranched alkanes of at least 4 members (excludes halogenated alkanes) is 2. The lowest BCUT2D eigenvalue weighted by atomic mass is 9.64. The van der Waals surface area contributed by atoms with Gasteiger partial charge in [-0.25, -0.2) is 0 Å². The first kappa shape index (κ1) is 35.9. The maximum atomic E-state index is 15.0. The van der Waals surface area contributed by atoms with Gasteiger partial charge in [0.1, 0.15) is 11.6 Å². The minimum Gasteiger partial charge on any atom is -0.396 e. The van der Waals surface area contributed by atoms with Gasteiger partial charge in [0.2, 0.25) is 17.7 Å². The Bertz CT molecular complexity index is 1270. The molecule has 4 rings (SSSR count). The molecule has 3 heterocycles. The van der Waals surface area contributed by atoms with Gasteiger partial charge in [0, 0.05) is 38.3 Å². The predicted octanol–water partition coefficient (Wildman–Crippen LogP) is 5.75. The minimum absolute atomic E-state index is 0.0427. The van der Waals surface area contributed by atoms with E-state index in [1.807, 2.05) is 42.2 Å². The zero-order valence-electron chi connectivity index (χ0n) is 29.1. The summed E-state index contributed by atoms with van der Waals surface area (Å²) in [5.41, 5.74) is -1.47. The molecule has 8 nitrogen and oxygen atoms in total. The Labute approximate surface area is 276 Å². The second kappa shape index (κ2) is 14.0. The molecule has 3 aliphatic heterocycles. The zero-order valence-corrected chi connectivity index (χ0v) is 29.1. The van der Waals surface area contributed by atoms with Crippen molar-refractivity contribution in [3.63, 3.8) is 0 Å². The molecule has 1 N–H and O–H groups in total. The van der Waals surface area contributed by atoms with E-state index in [1.165, 1.54) is 0 Å². The van der Waals surface area contributed by atoms with E-state index in [0.717, 1.165) is 18.4 Å². The van der Waals surface area contributed by atoms with Crippen LogP contribution in [0.3, 0.4) is 0 Å². The second-order valence-electron chi connectivity index (χ2n) is 15.4. The molecule has 1 aromatic rings. The summed E-state index contributed by atoms with van der Waals surface area (Å²) < 4.78 is 7.09. The summed E-state index contributed by atoms with van der Waals surface area (Å²) >= 11 is 0. The van der Waals surface area contributed by atoms with E-state index in [2.05, 4.69) is 47.8 Å². The number of ether oxygens (including phenoxy) is 1. The fourth-order valence-electron chi connectivity index (χ4n) is 8.88. The third-order valence-corrected chi connectivity index (χ3v) is 10.4. The summed E-state index contributed by atoms with van der Waals surface area (Å²) in [6.45, 7) is 22.1. The van der Waals surface area contributed by atoms with Crippen molar-refractivity contribution in [2.45, 2.75) is 116 Å². The van der Waals surface area contributed by atoms with E-state index in [9.17, 15) is 14.7 Å². The molecule has 1 spiro atoms. The molecule has 2 bridgehead atoms. The Balaban J connectivity index is 1.79. The van der Waals surface area contributed by atoms with E-state index < -0.39 is 34.6 Å². The molecule has 3 aliphatic rings. The Morgan fingerprint density at radius 3 is 2.28 bits per heavy atom. The lowest BCUT2D eigenvalue weighted by Crippen LogP contribution is -2.61. The van der Waals surface area contributed by atoms with Gasteiger partial charge in [-0.2, -0.15) is 0 Å². The third-order valence-electron chi connectivity index (χ3n) is 10.4. The molecule has 0 aromatic heterocycles. The number of nitrogens with zero attached hydrogens (tertiary/aromatic N) is 3. The van der Waals surface area contributed by atoms with Gasteiger partial charge < -0.3 is 24.5 Å². The summed E-state index contributed by atoms with van der Waals surface area (Å²) in [4.78, 5) is 49.9. The number of carbonyl (C=O) groups excluding carboxylic acids is 3. The SMILES string of the molecule is C=CCN(Cc1ccccc1)C(=O)[C@@H]1[C@H]2C(=O)N(CCCCCO)C(C(=O)N(CC=C)C(C)(C)CC(C)(C)C)C23CC[C@@]1(CC)O3. The van der Waals surface area contributed by atoms with Crippen LogP contribution in [0.1, 0.15) is 92.1 Å². The smallest absolute Gasteiger partial charge is 0.249 e. The number of aliphatic hydroxyl groups is 1. The van der Waals surface area contributed by atoms with Crippen molar-refractivity contribution >= 4 is 17.7 Å². The van der Waals surface area contributed by atoms with Crippen LogP contribution in [-0.4, -0.2) is 86.6 Å². The van der Waals surface area contributed by atoms with Gasteiger partial charge in [0.05, 0.1) is 17.4 Å². The van der Waals surface area contributed by atoms with Gasteiger partial charge in [0.15, 0.2) is 0 Å². The largest absolute Gasteiger partial charge is 0.396 e. The van der Waals surface area contributed by atoms with Gasteiger partial charge >= 0.3 is 0 Å². The van der Waals surface area contributed by atoms with Gasteiger partial charge in [-0.3, -0.25) is 14.4 Å². The molecular formula is C38H57N3O5. The number of fused-ring (bicyclic) bond motifs is 1. The number of hydrogen-bond donors (Lipinski definition) is 1. The van der Waals surface area contributed by atoms with E-state index >= 15 is 4.79 Å². The molecule has 2 unspecified atom stereocenters. The molecule has 3 amide bonds. The van der Waals surface area contributed by atoms with Gasteiger partial charge in [0.25, 0.3) is 0 Å². The number of likely N-dealkylation sites (tertiary alicyclic amines) is 1. The Hall–Kier alpha value is -2.97. The molecule has 5 atom stereocenters. The molecule has 1 aromatic carbocycles. The minimum atomic E-state index is -1.09. The van der Waals surface area contributed by atoms with Crippen molar-refractivity contribution in [2.75, 3.05) is 26.2 Å². The Morgan fingerprint density at radius 2 is 1.70 bits per heavy atom. The number of amides is 3. The zero-order chi connectivity index (χ0) is 33.9.